The predicted octanol–water partition coefficient (Wildman–Crippen LogP) is 1.96. The van der Waals surface area contributed by atoms with Crippen LogP contribution >= 0.6 is 0 Å². The second-order valence-corrected chi connectivity index (χ2v) is 5.34. The summed E-state index contributed by atoms with van der Waals surface area (Å²) in [5, 5.41) is 16.1. The van der Waals surface area contributed by atoms with E-state index in [9.17, 15) is 9.90 Å². The zero-order valence-electron chi connectivity index (χ0n) is 11.6. The Morgan fingerprint density at radius 1 is 1.47 bits per heavy atom. The Labute approximate surface area is 114 Å². The zero-order chi connectivity index (χ0) is 13.8. The molecule has 1 fully saturated rings. The van der Waals surface area contributed by atoms with E-state index in [1.165, 1.54) is 12.8 Å². The van der Waals surface area contributed by atoms with Gasteiger partial charge in [-0.2, -0.15) is 0 Å². The Balaban J connectivity index is 2.01. The van der Waals surface area contributed by atoms with E-state index in [2.05, 4.69) is 10.6 Å². The third-order valence-corrected chi connectivity index (χ3v) is 3.71. The van der Waals surface area contributed by atoms with E-state index in [-0.39, 0.29) is 17.7 Å². The van der Waals surface area contributed by atoms with E-state index in [0.717, 1.165) is 18.5 Å². The molecule has 1 aromatic rings. The average molecular weight is 262 g/mol. The van der Waals surface area contributed by atoms with Crippen molar-refractivity contribution in [1.82, 2.24) is 10.6 Å². The van der Waals surface area contributed by atoms with Gasteiger partial charge in [-0.15, -0.1) is 0 Å². The molecule has 1 amide bonds. The molecule has 1 aliphatic rings. The van der Waals surface area contributed by atoms with Crippen molar-refractivity contribution in [2.24, 2.45) is 0 Å². The summed E-state index contributed by atoms with van der Waals surface area (Å²) in [7, 11) is 0. The molecule has 2 unspecified atom stereocenters. The third-order valence-electron chi connectivity index (χ3n) is 3.71. The fourth-order valence-electron chi connectivity index (χ4n) is 2.52. The van der Waals surface area contributed by atoms with Crippen LogP contribution in [0.1, 0.15) is 42.1 Å². The van der Waals surface area contributed by atoms with Crippen molar-refractivity contribution in [3.63, 3.8) is 0 Å². The summed E-state index contributed by atoms with van der Waals surface area (Å²) in [5.74, 6) is -0.173. The predicted molar refractivity (Wildman–Crippen MR) is 75.4 cm³/mol. The molecule has 0 saturated carbocycles. The number of nitrogens with one attached hydrogen (secondary N) is 2. The molecule has 2 rings (SSSR count). The van der Waals surface area contributed by atoms with Crippen LogP contribution in [0.2, 0.25) is 0 Å². The van der Waals surface area contributed by atoms with Crippen LogP contribution in [0.15, 0.2) is 18.2 Å². The van der Waals surface area contributed by atoms with Crippen LogP contribution < -0.4 is 10.6 Å². The molecule has 2 atom stereocenters. The standard InChI is InChI=1S/C15H22N2O2/c1-10-6-7-14(18)12(9-10)15(19)17-11(2)13-5-3-4-8-16-13/h6-7,9,11,13,16,18H,3-5,8H2,1-2H3,(H,17,19). The zero-order valence-corrected chi connectivity index (χ0v) is 11.6. The van der Waals surface area contributed by atoms with Gasteiger partial charge in [-0.1, -0.05) is 18.1 Å². The molecule has 104 valence electrons. The molecule has 0 radical (unpaired) electrons. The smallest absolute Gasteiger partial charge is 0.255 e. The minimum Gasteiger partial charge on any atom is -0.507 e. The Kier molecular flexibility index (Phi) is 4.43. The lowest BCUT2D eigenvalue weighted by Crippen LogP contribution is -2.50. The van der Waals surface area contributed by atoms with Gasteiger partial charge in [0.1, 0.15) is 5.75 Å². The summed E-state index contributed by atoms with van der Waals surface area (Å²) in [6, 6.07) is 5.45. The van der Waals surface area contributed by atoms with Crippen molar-refractivity contribution < 1.29 is 9.90 Å². The fourth-order valence-corrected chi connectivity index (χ4v) is 2.52. The number of carbonyl (C=O) groups excluding carboxylic acids is 1. The number of rotatable bonds is 3. The first-order valence-corrected chi connectivity index (χ1v) is 6.92. The van der Waals surface area contributed by atoms with Crippen molar-refractivity contribution in [2.75, 3.05) is 6.54 Å². The van der Waals surface area contributed by atoms with E-state index in [1.54, 1.807) is 18.2 Å². The second kappa shape index (κ2) is 6.06. The quantitative estimate of drug-likeness (QED) is 0.780. The van der Waals surface area contributed by atoms with Crippen LogP contribution in [-0.2, 0) is 0 Å². The van der Waals surface area contributed by atoms with Crippen LogP contribution in [0.3, 0.4) is 0 Å². The lowest BCUT2D eigenvalue weighted by Gasteiger charge is -2.29. The van der Waals surface area contributed by atoms with Crippen LogP contribution in [0, 0.1) is 6.92 Å². The van der Waals surface area contributed by atoms with Gasteiger partial charge in [-0.25, -0.2) is 0 Å². The number of hydrogen-bond donors (Lipinski definition) is 3. The summed E-state index contributed by atoms with van der Waals surface area (Å²) in [6.45, 7) is 4.93. The number of phenols is 1. The van der Waals surface area contributed by atoms with Crippen LogP contribution in [0.4, 0.5) is 0 Å². The lowest BCUT2D eigenvalue weighted by molar-refractivity contribution is 0.0925. The van der Waals surface area contributed by atoms with Crippen molar-refractivity contribution in [3.8, 4) is 5.75 Å². The van der Waals surface area contributed by atoms with Gasteiger partial charge < -0.3 is 15.7 Å². The highest BCUT2D eigenvalue weighted by atomic mass is 16.3. The van der Waals surface area contributed by atoms with Gasteiger partial charge in [-0.3, -0.25) is 4.79 Å². The monoisotopic (exact) mass is 262 g/mol. The molecule has 4 nitrogen and oxygen atoms in total. The number of phenolic OH excluding ortho intramolecular Hbond substituents is 1. The average Bonchev–Trinajstić information content (AvgIpc) is 2.42. The SMILES string of the molecule is Cc1ccc(O)c(C(=O)NC(C)C2CCCCN2)c1. The Morgan fingerprint density at radius 2 is 2.26 bits per heavy atom. The number of piperidine rings is 1. The first-order valence-electron chi connectivity index (χ1n) is 6.92. The van der Waals surface area contributed by atoms with Gasteiger partial charge in [0.15, 0.2) is 0 Å². The minimum absolute atomic E-state index is 0.0342. The van der Waals surface area contributed by atoms with E-state index in [4.69, 9.17) is 0 Å². The van der Waals surface area contributed by atoms with Crippen LogP contribution in [0.25, 0.3) is 0 Å². The number of amides is 1. The van der Waals surface area contributed by atoms with E-state index in [1.807, 2.05) is 13.8 Å². The molecule has 1 aliphatic heterocycles. The van der Waals surface area contributed by atoms with Gasteiger partial charge >= 0.3 is 0 Å². The first kappa shape index (κ1) is 13.9. The second-order valence-electron chi connectivity index (χ2n) is 5.34. The highest BCUT2D eigenvalue weighted by Crippen LogP contribution is 2.18. The topological polar surface area (TPSA) is 61.4 Å². The van der Waals surface area contributed by atoms with Crippen molar-refractivity contribution in [2.45, 2.75) is 45.2 Å². The molecule has 1 aromatic carbocycles. The Bertz CT molecular complexity index is 453. The molecular weight excluding hydrogens is 240 g/mol. The molecule has 4 heteroatoms. The van der Waals surface area contributed by atoms with Gasteiger partial charge in [-0.05, 0) is 45.4 Å². The summed E-state index contributed by atoms with van der Waals surface area (Å²) >= 11 is 0. The highest BCUT2D eigenvalue weighted by Gasteiger charge is 2.22. The number of carbonyl (C=O) groups is 1. The lowest BCUT2D eigenvalue weighted by atomic mass is 9.98. The van der Waals surface area contributed by atoms with E-state index >= 15 is 0 Å². The number of aromatic hydroxyl groups is 1. The Hall–Kier alpha value is -1.55. The van der Waals surface area contributed by atoms with Gasteiger partial charge in [0.05, 0.1) is 5.56 Å². The maximum absolute atomic E-state index is 12.2. The van der Waals surface area contributed by atoms with Gasteiger partial charge in [0, 0.05) is 12.1 Å². The van der Waals surface area contributed by atoms with Crippen molar-refractivity contribution >= 4 is 5.91 Å². The van der Waals surface area contributed by atoms with E-state index < -0.39 is 0 Å². The molecule has 1 saturated heterocycles. The van der Waals surface area contributed by atoms with Crippen molar-refractivity contribution in [3.05, 3.63) is 29.3 Å². The number of benzene rings is 1. The Morgan fingerprint density at radius 3 is 2.95 bits per heavy atom. The normalized spacial score (nSPS) is 20.8. The third kappa shape index (κ3) is 3.47. The fraction of sp³-hybridized carbons (Fsp3) is 0.533. The molecule has 0 spiro atoms. The first-order chi connectivity index (χ1) is 9.08. The molecule has 0 aromatic heterocycles. The molecule has 1 heterocycles. The molecule has 0 aliphatic carbocycles. The van der Waals surface area contributed by atoms with Crippen molar-refractivity contribution in [1.29, 1.82) is 0 Å². The van der Waals surface area contributed by atoms with Gasteiger partial charge in [0.25, 0.3) is 5.91 Å². The maximum Gasteiger partial charge on any atom is 0.255 e. The van der Waals surface area contributed by atoms with Crippen LogP contribution in [-0.4, -0.2) is 29.6 Å². The minimum atomic E-state index is -0.207. The van der Waals surface area contributed by atoms with Crippen LogP contribution in [0.5, 0.6) is 5.75 Å². The van der Waals surface area contributed by atoms with E-state index in [0.29, 0.717) is 11.6 Å². The molecule has 3 N–H and O–H groups in total. The largest absolute Gasteiger partial charge is 0.507 e. The summed E-state index contributed by atoms with van der Waals surface area (Å²) < 4.78 is 0. The molecule has 19 heavy (non-hydrogen) atoms. The van der Waals surface area contributed by atoms with Gasteiger partial charge in [0.2, 0.25) is 0 Å². The highest BCUT2D eigenvalue weighted by molar-refractivity contribution is 5.97. The molecular formula is C15H22N2O2. The number of hydrogen-bond acceptors (Lipinski definition) is 3. The molecule has 0 bridgehead atoms. The summed E-state index contributed by atoms with van der Waals surface area (Å²) in [6.07, 6.45) is 3.49. The summed E-state index contributed by atoms with van der Waals surface area (Å²) in [5.41, 5.74) is 1.31. The maximum atomic E-state index is 12.2. The number of aryl methyl sites for hydroxylation is 1. The summed E-state index contributed by atoms with van der Waals surface area (Å²) in [4.78, 5) is 12.2.